The van der Waals surface area contributed by atoms with E-state index in [0.29, 0.717) is 12.3 Å². The van der Waals surface area contributed by atoms with Crippen molar-refractivity contribution >= 4 is 23.4 Å². The smallest absolute Gasteiger partial charge is 0.237 e. The first kappa shape index (κ1) is 14.1. The summed E-state index contributed by atoms with van der Waals surface area (Å²) in [7, 11) is 0. The van der Waals surface area contributed by atoms with E-state index in [1.807, 2.05) is 24.0 Å². The molecule has 0 spiro atoms. The summed E-state index contributed by atoms with van der Waals surface area (Å²) in [6, 6.07) is 10.3. The van der Waals surface area contributed by atoms with Gasteiger partial charge in [-0.05, 0) is 38.0 Å². The van der Waals surface area contributed by atoms with Gasteiger partial charge in [0.2, 0.25) is 5.91 Å². The third-order valence-corrected chi connectivity index (χ3v) is 4.56. The maximum atomic E-state index is 12.4. The summed E-state index contributed by atoms with van der Waals surface area (Å²) in [5, 5.41) is 0.972. The zero-order chi connectivity index (χ0) is 15.0. The van der Waals surface area contributed by atoms with Gasteiger partial charge in [-0.15, -0.1) is 0 Å². The molecule has 21 heavy (non-hydrogen) atoms. The number of hydrogen-bond acceptors (Lipinski definition) is 3. The van der Waals surface area contributed by atoms with Crippen LogP contribution in [0.4, 0.5) is 5.69 Å². The second-order valence-corrected chi connectivity index (χ2v) is 6.46. The van der Waals surface area contributed by atoms with Crippen molar-refractivity contribution in [1.82, 2.24) is 4.98 Å². The molecule has 1 aliphatic rings. The fourth-order valence-electron chi connectivity index (χ4n) is 2.72. The lowest BCUT2D eigenvalue weighted by Crippen LogP contribution is -2.35. The van der Waals surface area contributed by atoms with Crippen molar-refractivity contribution < 1.29 is 4.79 Å². The highest BCUT2D eigenvalue weighted by Gasteiger charge is 2.27. The second kappa shape index (κ2) is 5.53. The van der Waals surface area contributed by atoms with Crippen molar-refractivity contribution in [3.05, 3.63) is 52.7 Å². The third kappa shape index (κ3) is 2.81. The van der Waals surface area contributed by atoms with E-state index in [0.717, 1.165) is 27.5 Å². The summed E-state index contributed by atoms with van der Waals surface area (Å²) < 4.78 is 0. The van der Waals surface area contributed by atoms with Crippen LogP contribution >= 0.6 is 11.8 Å². The standard InChI is InChI=1S/C17H18N2OS/c1-11-5-4-6-14(7-11)9-19-15(20)10-21-17-16(19)12(2)8-13(3)18-17/h4-8H,9-10H2,1-3H3. The average molecular weight is 298 g/mol. The molecule has 108 valence electrons. The van der Waals surface area contributed by atoms with Crippen LogP contribution in [0, 0.1) is 20.8 Å². The Bertz CT molecular complexity index is 712. The van der Waals surface area contributed by atoms with Gasteiger partial charge >= 0.3 is 0 Å². The van der Waals surface area contributed by atoms with Crippen molar-refractivity contribution in [2.45, 2.75) is 32.3 Å². The third-order valence-electron chi connectivity index (χ3n) is 3.61. The first-order chi connectivity index (χ1) is 10.0. The number of fused-ring (bicyclic) bond motifs is 1. The van der Waals surface area contributed by atoms with Crippen LogP contribution in [0.2, 0.25) is 0 Å². The number of amides is 1. The van der Waals surface area contributed by atoms with Crippen molar-refractivity contribution in [2.75, 3.05) is 10.7 Å². The topological polar surface area (TPSA) is 33.2 Å². The SMILES string of the molecule is Cc1cccc(CN2C(=O)CSc3nc(C)cc(C)c32)c1. The number of benzene rings is 1. The molecule has 0 fully saturated rings. The lowest BCUT2D eigenvalue weighted by atomic mass is 10.1. The van der Waals surface area contributed by atoms with Crippen LogP contribution in [0.1, 0.15) is 22.4 Å². The van der Waals surface area contributed by atoms with Crippen LogP contribution in [0.25, 0.3) is 0 Å². The maximum Gasteiger partial charge on any atom is 0.237 e. The number of nitrogens with zero attached hydrogens (tertiary/aromatic N) is 2. The number of anilines is 1. The van der Waals surface area contributed by atoms with Gasteiger partial charge in [-0.1, -0.05) is 41.6 Å². The molecule has 1 amide bonds. The van der Waals surface area contributed by atoms with E-state index in [1.165, 1.54) is 5.56 Å². The van der Waals surface area contributed by atoms with Crippen LogP contribution in [-0.4, -0.2) is 16.6 Å². The van der Waals surface area contributed by atoms with Gasteiger partial charge in [-0.2, -0.15) is 0 Å². The number of carbonyl (C=O) groups is 1. The highest BCUT2D eigenvalue weighted by Crippen LogP contribution is 2.37. The monoisotopic (exact) mass is 298 g/mol. The van der Waals surface area contributed by atoms with Crippen molar-refractivity contribution in [3.8, 4) is 0 Å². The number of hydrogen-bond donors (Lipinski definition) is 0. The Morgan fingerprint density at radius 2 is 2.05 bits per heavy atom. The van der Waals surface area contributed by atoms with Gasteiger partial charge in [-0.3, -0.25) is 4.79 Å². The van der Waals surface area contributed by atoms with E-state index in [-0.39, 0.29) is 5.91 Å². The number of aromatic nitrogens is 1. The molecule has 2 heterocycles. The Hall–Kier alpha value is -1.81. The largest absolute Gasteiger partial charge is 0.304 e. The lowest BCUT2D eigenvalue weighted by Gasteiger charge is -2.30. The minimum Gasteiger partial charge on any atom is -0.304 e. The molecule has 0 N–H and O–H groups in total. The van der Waals surface area contributed by atoms with E-state index in [9.17, 15) is 4.79 Å². The van der Waals surface area contributed by atoms with Gasteiger partial charge in [0.05, 0.1) is 18.0 Å². The summed E-state index contributed by atoms with van der Waals surface area (Å²) in [6.45, 7) is 6.73. The molecule has 1 aromatic heterocycles. The molecule has 3 rings (SSSR count). The molecule has 3 nitrogen and oxygen atoms in total. The number of carbonyl (C=O) groups excluding carboxylic acids is 1. The van der Waals surface area contributed by atoms with Gasteiger partial charge in [0.15, 0.2) is 0 Å². The Morgan fingerprint density at radius 1 is 1.24 bits per heavy atom. The zero-order valence-electron chi connectivity index (χ0n) is 12.5. The number of aryl methyl sites for hydroxylation is 3. The first-order valence-corrected chi connectivity index (χ1v) is 8.00. The van der Waals surface area contributed by atoms with Crippen LogP contribution in [0.15, 0.2) is 35.4 Å². The van der Waals surface area contributed by atoms with E-state index in [2.05, 4.69) is 37.0 Å². The molecular weight excluding hydrogens is 280 g/mol. The minimum absolute atomic E-state index is 0.155. The molecule has 0 unspecified atom stereocenters. The summed E-state index contributed by atoms with van der Waals surface area (Å²) in [5.74, 6) is 0.622. The fourth-order valence-corrected chi connectivity index (χ4v) is 3.75. The highest BCUT2D eigenvalue weighted by atomic mass is 32.2. The summed E-state index contributed by atoms with van der Waals surface area (Å²) >= 11 is 1.54. The van der Waals surface area contributed by atoms with Crippen LogP contribution in [0.3, 0.4) is 0 Å². The van der Waals surface area contributed by atoms with E-state index < -0.39 is 0 Å². The first-order valence-electron chi connectivity index (χ1n) is 7.01. The Labute approximate surface area is 129 Å². The van der Waals surface area contributed by atoms with E-state index >= 15 is 0 Å². The predicted molar refractivity (Wildman–Crippen MR) is 86.8 cm³/mol. The molecule has 0 bridgehead atoms. The van der Waals surface area contributed by atoms with Gasteiger partial charge in [0.25, 0.3) is 0 Å². The molecular formula is C17H18N2OS. The molecule has 1 aliphatic heterocycles. The Morgan fingerprint density at radius 3 is 2.81 bits per heavy atom. The Balaban J connectivity index is 2.01. The van der Waals surface area contributed by atoms with Crippen molar-refractivity contribution in [2.24, 2.45) is 0 Å². The molecule has 0 saturated heterocycles. The fraction of sp³-hybridized carbons (Fsp3) is 0.294. The lowest BCUT2D eigenvalue weighted by molar-refractivity contribution is -0.116. The predicted octanol–water partition coefficient (Wildman–Crippen LogP) is 3.65. The molecule has 2 aromatic rings. The molecule has 0 radical (unpaired) electrons. The summed E-state index contributed by atoms with van der Waals surface area (Å²) in [4.78, 5) is 18.8. The number of pyridine rings is 1. The van der Waals surface area contributed by atoms with Crippen molar-refractivity contribution in [3.63, 3.8) is 0 Å². The molecule has 0 atom stereocenters. The average Bonchev–Trinajstić information content (AvgIpc) is 2.42. The van der Waals surface area contributed by atoms with E-state index in [1.54, 1.807) is 11.8 Å². The van der Waals surface area contributed by atoms with Crippen LogP contribution in [0.5, 0.6) is 0 Å². The Kier molecular flexibility index (Phi) is 3.72. The summed E-state index contributed by atoms with van der Waals surface area (Å²) in [6.07, 6.45) is 0. The molecule has 0 aliphatic carbocycles. The van der Waals surface area contributed by atoms with Gasteiger partial charge in [0.1, 0.15) is 5.03 Å². The van der Waals surface area contributed by atoms with Crippen LogP contribution in [-0.2, 0) is 11.3 Å². The van der Waals surface area contributed by atoms with Gasteiger partial charge in [-0.25, -0.2) is 4.98 Å². The quantitative estimate of drug-likeness (QED) is 0.848. The zero-order valence-corrected chi connectivity index (χ0v) is 13.3. The van der Waals surface area contributed by atoms with Crippen molar-refractivity contribution in [1.29, 1.82) is 0 Å². The molecule has 0 saturated carbocycles. The molecule has 1 aromatic carbocycles. The summed E-state index contributed by atoms with van der Waals surface area (Å²) in [5.41, 5.74) is 5.46. The maximum absolute atomic E-state index is 12.4. The second-order valence-electron chi connectivity index (χ2n) is 5.49. The van der Waals surface area contributed by atoms with Crippen LogP contribution < -0.4 is 4.90 Å². The minimum atomic E-state index is 0.155. The van der Waals surface area contributed by atoms with Gasteiger partial charge in [0, 0.05) is 5.69 Å². The molecule has 4 heteroatoms. The highest BCUT2D eigenvalue weighted by molar-refractivity contribution is 8.00. The van der Waals surface area contributed by atoms with E-state index in [4.69, 9.17) is 0 Å². The number of thioether (sulfide) groups is 1. The van der Waals surface area contributed by atoms with Gasteiger partial charge < -0.3 is 4.90 Å². The normalized spacial score (nSPS) is 14.2. The number of rotatable bonds is 2.